The highest BCUT2D eigenvalue weighted by Gasteiger charge is 2.34. The maximum absolute atomic E-state index is 12.2. The van der Waals surface area contributed by atoms with Crippen molar-refractivity contribution in [3.05, 3.63) is 65.7 Å². The lowest BCUT2D eigenvalue weighted by molar-refractivity contribution is 0.0664. The molecule has 2 aromatic rings. The van der Waals surface area contributed by atoms with Gasteiger partial charge in [-0.25, -0.2) is 0 Å². The number of hydrogen-bond donors (Lipinski definition) is 0. The number of para-hydroxylation sites is 1. The highest BCUT2D eigenvalue weighted by molar-refractivity contribution is 7.99. The molecule has 3 rings (SSSR count). The molecule has 0 unspecified atom stereocenters. The minimum atomic E-state index is -0.177. The first-order valence-electron chi connectivity index (χ1n) is 7.98. The second-order valence-corrected chi connectivity index (χ2v) is 6.66. The van der Waals surface area contributed by atoms with Crippen LogP contribution in [0.2, 0.25) is 0 Å². The van der Waals surface area contributed by atoms with Gasteiger partial charge in [0, 0.05) is 12.3 Å². The Hall–Kier alpha value is -2.27. The van der Waals surface area contributed by atoms with Gasteiger partial charge in [-0.1, -0.05) is 30.3 Å². The Morgan fingerprint density at radius 1 is 0.833 bits per heavy atom. The summed E-state index contributed by atoms with van der Waals surface area (Å²) in [4.78, 5) is 25.8. The number of nitrogens with zero attached hydrogens (tertiary/aromatic N) is 1. The van der Waals surface area contributed by atoms with Crippen LogP contribution in [0.4, 0.5) is 0 Å². The third-order valence-corrected chi connectivity index (χ3v) is 4.83. The van der Waals surface area contributed by atoms with Crippen LogP contribution >= 0.6 is 11.8 Å². The molecule has 2 aromatic carbocycles. The maximum atomic E-state index is 12.2. The van der Waals surface area contributed by atoms with E-state index in [-0.39, 0.29) is 11.8 Å². The van der Waals surface area contributed by atoms with Gasteiger partial charge in [0.2, 0.25) is 0 Å². The normalized spacial score (nSPS) is 13.2. The Bertz CT molecular complexity index is 683. The Morgan fingerprint density at radius 3 is 2.12 bits per heavy atom. The van der Waals surface area contributed by atoms with Crippen molar-refractivity contribution in [1.82, 2.24) is 4.90 Å². The van der Waals surface area contributed by atoms with Crippen molar-refractivity contribution < 1.29 is 14.3 Å². The number of rotatable bonds is 8. The zero-order valence-electron chi connectivity index (χ0n) is 13.3. The molecule has 0 bridgehead atoms. The van der Waals surface area contributed by atoms with Crippen LogP contribution in [-0.2, 0) is 0 Å². The monoisotopic (exact) mass is 341 g/mol. The summed E-state index contributed by atoms with van der Waals surface area (Å²) >= 11 is 1.73. The number of fused-ring (bicyclic) bond motifs is 1. The molecular weight excluding hydrogens is 322 g/mol. The topological polar surface area (TPSA) is 46.6 Å². The Kier molecular flexibility index (Phi) is 5.54. The summed E-state index contributed by atoms with van der Waals surface area (Å²) in [5, 5.41) is 0. The van der Waals surface area contributed by atoms with E-state index in [0.717, 1.165) is 23.7 Å². The van der Waals surface area contributed by atoms with Gasteiger partial charge in [0.05, 0.1) is 17.7 Å². The number of carbonyl (C=O) groups excluding carboxylic acids is 2. The first-order valence-corrected chi connectivity index (χ1v) is 9.13. The molecule has 1 aliphatic rings. The second-order valence-electron chi connectivity index (χ2n) is 5.43. The van der Waals surface area contributed by atoms with Gasteiger partial charge in [-0.2, -0.15) is 11.8 Å². The quantitative estimate of drug-likeness (QED) is 0.545. The summed E-state index contributed by atoms with van der Waals surface area (Å²) in [6.45, 7) is 1.13. The highest BCUT2D eigenvalue weighted by Crippen LogP contribution is 2.22. The fourth-order valence-electron chi connectivity index (χ4n) is 2.57. The summed E-state index contributed by atoms with van der Waals surface area (Å²) in [6, 6.07) is 16.7. The molecule has 4 nitrogen and oxygen atoms in total. The molecule has 0 fully saturated rings. The smallest absolute Gasteiger partial charge is 0.261 e. The Labute approximate surface area is 145 Å². The summed E-state index contributed by atoms with van der Waals surface area (Å²) in [5.41, 5.74) is 1.03. The van der Waals surface area contributed by atoms with Gasteiger partial charge >= 0.3 is 0 Å². The van der Waals surface area contributed by atoms with E-state index in [2.05, 4.69) is 0 Å². The summed E-state index contributed by atoms with van der Waals surface area (Å²) in [6.07, 6.45) is 0.932. The molecule has 0 saturated carbocycles. The lowest BCUT2D eigenvalue weighted by Crippen LogP contribution is -2.31. The van der Waals surface area contributed by atoms with Crippen molar-refractivity contribution in [2.75, 3.05) is 24.7 Å². The first-order chi connectivity index (χ1) is 11.8. The fourth-order valence-corrected chi connectivity index (χ4v) is 3.41. The van der Waals surface area contributed by atoms with Crippen LogP contribution < -0.4 is 4.74 Å². The third kappa shape index (κ3) is 3.79. The Morgan fingerprint density at radius 2 is 1.46 bits per heavy atom. The number of imide groups is 1. The molecule has 0 N–H and O–H groups in total. The Balaban J connectivity index is 1.34. The van der Waals surface area contributed by atoms with Crippen LogP contribution in [0.5, 0.6) is 5.75 Å². The van der Waals surface area contributed by atoms with Crippen LogP contribution in [-0.4, -0.2) is 41.4 Å². The standard InChI is InChI=1S/C19H19NO3S/c21-18-16-9-4-5-10-17(16)19(22)20(18)11-14-24-13-6-12-23-15-7-2-1-3-8-15/h1-5,7-10H,6,11-14H2. The van der Waals surface area contributed by atoms with Crippen LogP contribution in [0.15, 0.2) is 54.6 Å². The van der Waals surface area contributed by atoms with Crippen LogP contribution in [0.3, 0.4) is 0 Å². The SMILES string of the molecule is O=C1c2ccccc2C(=O)N1CCSCCCOc1ccccc1. The highest BCUT2D eigenvalue weighted by atomic mass is 32.2. The predicted octanol–water partition coefficient (Wildman–Crippen LogP) is 3.48. The number of amides is 2. The molecule has 2 amide bonds. The average molecular weight is 341 g/mol. The summed E-state index contributed by atoms with van der Waals surface area (Å²) in [5.74, 6) is 2.22. The number of hydrogen-bond acceptors (Lipinski definition) is 4. The van der Waals surface area contributed by atoms with Gasteiger partial charge in [0.1, 0.15) is 5.75 Å². The molecule has 0 aromatic heterocycles. The molecular formula is C19H19NO3S. The van der Waals surface area contributed by atoms with Crippen molar-refractivity contribution in [3.8, 4) is 5.75 Å². The number of thioether (sulfide) groups is 1. The van der Waals surface area contributed by atoms with Crippen LogP contribution in [0, 0.1) is 0 Å². The van der Waals surface area contributed by atoms with E-state index >= 15 is 0 Å². The van der Waals surface area contributed by atoms with E-state index in [1.807, 2.05) is 30.3 Å². The first kappa shape index (κ1) is 16.6. The van der Waals surface area contributed by atoms with Gasteiger partial charge < -0.3 is 4.74 Å². The fraction of sp³-hybridized carbons (Fsp3) is 0.263. The molecule has 124 valence electrons. The lowest BCUT2D eigenvalue weighted by atomic mass is 10.1. The van der Waals surface area contributed by atoms with E-state index in [0.29, 0.717) is 24.3 Å². The van der Waals surface area contributed by atoms with Crippen LogP contribution in [0.25, 0.3) is 0 Å². The van der Waals surface area contributed by atoms with Crippen molar-refractivity contribution in [2.45, 2.75) is 6.42 Å². The van der Waals surface area contributed by atoms with Gasteiger partial charge in [-0.3, -0.25) is 14.5 Å². The molecule has 1 heterocycles. The van der Waals surface area contributed by atoms with Gasteiger partial charge in [-0.05, 0) is 36.4 Å². The molecule has 0 radical (unpaired) electrons. The number of ether oxygens (including phenoxy) is 1. The van der Waals surface area contributed by atoms with Crippen molar-refractivity contribution in [1.29, 1.82) is 0 Å². The maximum Gasteiger partial charge on any atom is 0.261 e. The van der Waals surface area contributed by atoms with E-state index in [9.17, 15) is 9.59 Å². The zero-order valence-corrected chi connectivity index (χ0v) is 14.1. The largest absolute Gasteiger partial charge is 0.494 e. The lowest BCUT2D eigenvalue weighted by Gasteiger charge is -2.13. The van der Waals surface area contributed by atoms with Crippen LogP contribution in [0.1, 0.15) is 27.1 Å². The summed E-state index contributed by atoms with van der Waals surface area (Å²) in [7, 11) is 0. The van der Waals surface area contributed by atoms with Crippen molar-refractivity contribution >= 4 is 23.6 Å². The summed E-state index contributed by atoms with van der Waals surface area (Å²) < 4.78 is 5.63. The van der Waals surface area contributed by atoms with Gasteiger partial charge in [-0.15, -0.1) is 0 Å². The molecule has 5 heteroatoms. The van der Waals surface area contributed by atoms with Crippen molar-refractivity contribution in [2.24, 2.45) is 0 Å². The molecule has 0 atom stereocenters. The minimum Gasteiger partial charge on any atom is -0.494 e. The molecule has 1 aliphatic heterocycles. The molecule has 0 saturated heterocycles. The molecule has 24 heavy (non-hydrogen) atoms. The number of carbonyl (C=O) groups is 2. The van der Waals surface area contributed by atoms with Gasteiger partial charge in [0.15, 0.2) is 0 Å². The average Bonchev–Trinajstić information content (AvgIpc) is 2.87. The third-order valence-electron chi connectivity index (χ3n) is 3.78. The van der Waals surface area contributed by atoms with Crippen molar-refractivity contribution in [3.63, 3.8) is 0 Å². The second kappa shape index (κ2) is 8.02. The van der Waals surface area contributed by atoms with E-state index in [4.69, 9.17) is 4.74 Å². The van der Waals surface area contributed by atoms with E-state index < -0.39 is 0 Å². The minimum absolute atomic E-state index is 0.177. The zero-order chi connectivity index (χ0) is 16.8. The predicted molar refractivity (Wildman–Crippen MR) is 95.7 cm³/mol. The van der Waals surface area contributed by atoms with E-state index in [1.165, 1.54) is 4.90 Å². The molecule has 0 aliphatic carbocycles. The molecule has 0 spiro atoms. The van der Waals surface area contributed by atoms with Gasteiger partial charge in [0.25, 0.3) is 11.8 Å². The number of benzene rings is 2. The van der Waals surface area contributed by atoms with E-state index in [1.54, 1.807) is 36.0 Å².